The molecule has 1 aromatic heterocycles. The summed E-state index contributed by atoms with van der Waals surface area (Å²) in [6.07, 6.45) is 3.22. The zero-order chi connectivity index (χ0) is 17.1. The number of halogens is 3. The van der Waals surface area contributed by atoms with Crippen molar-refractivity contribution in [2.75, 3.05) is 36.4 Å². The largest absolute Gasteiger partial charge is 0.365 e. The van der Waals surface area contributed by atoms with Gasteiger partial charge in [0.2, 0.25) is 0 Å². The van der Waals surface area contributed by atoms with Gasteiger partial charge >= 0.3 is 0 Å². The van der Waals surface area contributed by atoms with Crippen LogP contribution >= 0.6 is 47.0 Å². The van der Waals surface area contributed by atoms with Crippen LogP contribution < -0.4 is 10.2 Å². The van der Waals surface area contributed by atoms with Crippen molar-refractivity contribution in [3.63, 3.8) is 0 Å². The molecule has 1 N–H and O–H groups in total. The summed E-state index contributed by atoms with van der Waals surface area (Å²) in [5.41, 5.74) is 1.72. The molecule has 0 amide bonds. The van der Waals surface area contributed by atoms with Crippen molar-refractivity contribution in [3.8, 4) is 0 Å². The number of rotatable bonds is 2. The van der Waals surface area contributed by atoms with E-state index in [9.17, 15) is 0 Å². The number of pyridine rings is 1. The van der Waals surface area contributed by atoms with E-state index in [1.807, 2.05) is 24.3 Å². The van der Waals surface area contributed by atoms with Gasteiger partial charge < -0.3 is 15.1 Å². The molecule has 0 saturated carbocycles. The Kier molecular flexibility index (Phi) is 5.66. The zero-order valence-corrected chi connectivity index (χ0v) is 15.8. The van der Waals surface area contributed by atoms with E-state index in [1.54, 1.807) is 12.4 Å². The van der Waals surface area contributed by atoms with E-state index in [0.29, 0.717) is 20.2 Å². The maximum absolute atomic E-state index is 6.23. The molecular weight excluding hydrogens is 387 g/mol. The maximum atomic E-state index is 6.23. The smallest absolute Gasteiger partial charge is 0.173 e. The minimum atomic E-state index is 0.565. The van der Waals surface area contributed by atoms with Gasteiger partial charge in [0, 0.05) is 49.3 Å². The lowest BCUT2D eigenvalue weighted by Crippen LogP contribution is -2.50. The lowest BCUT2D eigenvalue weighted by atomic mass is 10.2. The molecule has 24 heavy (non-hydrogen) atoms. The monoisotopic (exact) mass is 400 g/mol. The Bertz CT molecular complexity index is 728. The Morgan fingerprint density at radius 1 is 1.04 bits per heavy atom. The van der Waals surface area contributed by atoms with E-state index in [2.05, 4.69) is 20.1 Å². The van der Waals surface area contributed by atoms with Crippen LogP contribution in [-0.2, 0) is 0 Å². The molecule has 1 fully saturated rings. The number of aromatic nitrogens is 1. The fraction of sp³-hybridized carbons (Fsp3) is 0.250. The molecule has 0 spiro atoms. The molecule has 0 aliphatic carbocycles. The van der Waals surface area contributed by atoms with Crippen molar-refractivity contribution >= 4 is 63.5 Å². The molecule has 8 heteroatoms. The number of benzene rings is 1. The number of hydrogen-bond acceptors (Lipinski definition) is 3. The van der Waals surface area contributed by atoms with Crippen molar-refractivity contribution in [2.24, 2.45) is 0 Å². The Morgan fingerprint density at radius 2 is 1.71 bits per heavy atom. The predicted octanol–water partition coefficient (Wildman–Crippen LogP) is 4.56. The summed E-state index contributed by atoms with van der Waals surface area (Å²) in [6, 6.07) is 7.50. The van der Waals surface area contributed by atoms with Gasteiger partial charge in [0.05, 0.1) is 15.7 Å². The van der Waals surface area contributed by atoms with E-state index in [4.69, 9.17) is 47.0 Å². The normalized spacial score (nSPS) is 14.6. The van der Waals surface area contributed by atoms with Gasteiger partial charge in [-0.2, -0.15) is 0 Å². The first-order chi connectivity index (χ1) is 11.5. The summed E-state index contributed by atoms with van der Waals surface area (Å²) >= 11 is 24.0. The fourth-order valence-electron chi connectivity index (χ4n) is 2.61. The van der Waals surface area contributed by atoms with Gasteiger partial charge in [-0.15, -0.1) is 0 Å². The van der Waals surface area contributed by atoms with Gasteiger partial charge in [0.15, 0.2) is 5.11 Å². The topological polar surface area (TPSA) is 31.4 Å². The maximum Gasteiger partial charge on any atom is 0.173 e. The average molecular weight is 402 g/mol. The van der Waals surface area contributed by atoms with Gasteiger partial charge in [0.25, 0.3) is 0 Å². The highest BCUT2D eigenvalue weighted by atomic mass is 35.5. The number of nitrogens with zero attached hydrogens (tertiary/aromatic N) is 3. The number of thiocarbonyl (C=S) groups is 1. The van der Waals surface area contributed by atoms with Crippen LogP contribution in [0.4, 0.5) is 11.4 Å². The van der Waals surface area contributed by atoms with Crippen LogP contribution in [0, 0.1) is 0 Å². The van der Waals surface area contributed by atoms with Crippen LogP contribution in [0.15, 0.2) is 36.7 Å². The quantitative estimate of drug-likeness (QED) is 0.746. The highest BCUT2D eigenvalue weighted by Crippen LogP contribution is 2.33. The van der Waals surface area contributed by atoms with Crippen LogP contribution in [0.1, 0.15) is 0 Å². The molecule has 1 aliphatic rings. The first-order valence-corrected chi connectivity index (χ1v) is 8.94. The summed E-state index contributed by atoms with van der Waals surface area (Å²) < 4.78 is 0. The van der Waals surface area contributed by atoms with E-state index in [1.165, 1.54) is 0 Å². The lowest BCUT2D eigenvalue weighted by Gasteiger charge is -2.38. The molecule has 0 radical (unpaired) electrons. The summed E-state index contributed by atoms with van der Waals surface area (Å²) in [5.74, 6) is 0. The van der Waals surface area contributed by atoms with Gasteiger partial charge in [-0.05, 0) is 30.4 Å². The molecule has 1 saturated heterocycles. The Hall–Kier alpha value is -1.27. The van der Waals surface area contributed by atoms with E-state index in [0.717, 1.165) is 37.6 Å². The van der Waals surface area contributed by atoms with Gasteiger partial charge in [-0.25, -0.2) is 0 Å². The summed E-state index contributed by atoms with van der Waals surface area (Å²) in [4.78, 5) is 8.27. The van der Waals surface area contributed by atoms with Crippen molar-refractivity contribution in [1.82, 2.24) is 9.88 Å². The molecule has 1 aromatic carbocycles. The minimum absolute atomic E-state index is 0.565. The molecule has 1 aliphatic heterocycles. The molecule has 2 heterocycles. The lowest BCUT2D eigenvalue weighted by molar-refractivity contribution is 0.391. The Balaban J connectivity index is 1.61. The van der Waals surface area contributed by atoms with Crippen LogP contribution in [-0.4, -0.2) is 41.2 Å². The van der Waals surface area contributed by atoms with Crippen molar-refractivity contribution in [3.05, 3.63) is 51.7 Å². The summed E-state index contributed by atoms with van der Waals surface area (Å²) in [7, 11) is 0. The second-order valence-electron chi connectivity index (χ2n) is 5.37. The first-order valence-electron chi connectivity index (χ1n) is 7.40. The zero-order valence-electron chi connectivity index (χ0n) is 12.7. The first kappa shape index (κ1) is 17.5. The number of anilines is 2. The van der Waals surface area contributed by atoms with Crippen LogP contribution in [0.3, 0.4) is 0 Å². The standard InChI is InChI=1S/C16H15Cl3N4S/c17-11-2-1-3-12(8-11)21-16(24)23-6-4-22(5-7-23)15-13(18)9-20-10-14(15)19/h1-3,8-10H,4-7H2,(H,21,24). The predicted molar refractivity (Wildman–Crippen MR) is 106 cm³/mol. The highest BCUT2D eigenvalue weighted by Gasteiger charge is 2.22. The summed E-state index contributed by atoms with van der Waals surface area (Å²) in [5, 5.41) is 5.71. The van der Waals surface area contributed by atoms with Crippen molar-refractivity contribution < 1.29 is 0 Å². The minimum Gasteiger partial charge on any atom is -0.365 e. The number of piperazine rings is 1. The molecule has 4 nitrogen and oxygen atoms in total. The SMILES string of the molecule is S=C(Nc1cccc(Cl)c1)N1CCN(c2c(Cl)cncc2Cl)CC1. The molecule has 2 aromatic rings. The van der Waals surface area contributed by atoms with E-state index < -0.39 is 0 Å². The Morgan fingerprint density at radius 3 is 2.33 bits per heavy atom. The average Bonchev–Trinajstić information content (AvgIpc) is 2.55. The molecule has 0 bridgehead atoms. The second-order valence-corrected chi connectivity index (χ2v) is 7.00. The molecule has 3 rings (SSSR count). The van der Waals surface area contributed by atoms with Crippen molar-refractivity contribution in [2.45, 2.75) is 0 Å². The van der Waals surface area contributed by atoms with Crippen LogP contribution in [0.2, 0.25) is 15.1 Å². The third-order valence-corrected chi connectivity index (χ3v) is 4.94. The van der Waals surface area contributed by atoms with E-state index >= 15 is 0 Å². The number of nitrogens with one attached hydrogen (secondary N) is 1. The van der Waals surface area contributed by atoms with Crippen LogP contribution in [0.25, 0.3) is 0 Å². The Labute approximate surface area is 161 Å². The fourth-order valence-corrected chi connectivity index (χ4v) is 3.70. The summed E-state index contributed by atoms with van der Waals surface area (Å²) in [6.45, 7) is 3.12. The molecular formula is C16H15Cl3N4S. The van der Waals surface area contributed by atoms with Crippen LogP contribution in [0.5, 0.6) is 0 Å². The second kappa shape index (κ2) is 7.74. The van der Waals surface area contributed by atoms with Gasteiger partial charge in [-0.3, -0.25) is 4.98 Å². The highest BCUT2D eigenvalue weighted by molar-refractivity contribution is 7.80. The van der Waals surface area contributed by atoms with E-state index in [-0.39, 0.29) is 0 Å². The third-order valence-electron chi connectivity index (χ3n) is 3.79. The van der Waals surface area contributed by atoms with Crippen molar-refractivity contribution in [1.29, 1.82) is 0 Å². The van der Waals surface area contributed by atoms with Gasteiger partial charge in [-0.1, -0.05) is 40.9 Å². The molecule has 126 valence electrons. The number of hydrogen-bond donors (Lipinski definition) is 1. The third kappa shape index (κ3) is 4.03. The molecule has 0 unspecified atom stereocenters. The van der Waals surface area contributed by atoms with Gasteiger partial charge in [0.1, 0.15) is 0 Å². The molecule has 0 atom stereocenters.